The number of aromatic amines is 1. The highest BCUT2D eigenvalue weighted by atomic mass is 35.5. The van der Waals surface area contributed by atoms with E-state index >= 15 is 0 Å². The maximum atomic E-state index is 12.2. The number of hydrogen-bond acceptors (Lipinski definition) is 4. The number of nitrogens with one attached hydrogen (secondary N) is 4. The van der Waals surface area contributed by atoms with E-state index in [1.54, 1.807) is 18.3 Å². The number of benzene rings is 2. The van der Waals surface area contributed by atoms with E-state index in [2.05, 4.69) is 20.6 Å². The molecule has 3 aromatic rings. The Kier molecular flexibility index (Phi) is 5.98. The second-order valence-corrected chi connectivity index (χ2v) is 8.06. The van der Waals surface area contributed by atoms with E-state index in [0.717, 1.165) is 10.9 Å². The Morgan fingerprint density at radius 3 is 2.46 bits per heavy atom. The molecule has 28 heavy (non-hydrogen) atoms. The first-order valence-corrected chi connectivity index (χ1v) is 10.1. The van der Waals surface area contributed by atoms with Crippen LogP contribution in [-0.2, 0) is 14.8 Å². The van der Waals surface area contributed by atoms with E-state index in [9.17, 15) is 18.0 Å². The highest BCUT2D eigenvalue weighted by Gasteiger charge is 2.15. The van der Waals surface area contributed by atoms with Crippen LogP contribution in [0.1, 0.15) is 16.8 Å². The van der Waals surface area contributed by atoms with Crippen LogP contribution in [0.15, 0.2) is 59.6 Å². The molecule has 0 radical (unpaired) electrons. The fourth-order valence-corrected chi connectivity index (χ4v) is 3.67. The van der Waals surface area contributed by atoms with Crippen molar-refractivity contribution in [3.05, 3.63) is 65.3 Å². The molecule has 0 saturated heterocycles. The van der Waals surface area contributed by atoms with Gasteiger partial charge in [0, 0.05) is 35.1 Å². The number of H-pyrrole nitrogens is 1. The summed E-state index contributed by atoms with van der Waals surface area (Å²) in [6.45, 7) is -0.125. The lowest BCUT2D eigenvalue weighted by molar-refractivity contribution is -0.121. The molecule has 0 unspecified atom stereocenters. The summed E-state index contributed by atoms with van der Waals surface area (Å²) >= 11 is 5.73. The Hall–Kier alpha value is -2.88. The first-order chi connectivity index (χ1) is 13.4. The summed E-state index contributed by atoms with van der Waals surface area (Å²) in [5, 5.41) is 1.15. The van der Waals surface area contributed by atoms with Gasteiger partial charge in [0.05, 0.1) is 10.5 Å². The predicted molar refractivity (Wildman–Crippen MR) is 105 cm³/mol. The number of fused-ring (bicyclic) bond motifs is 1. The van der Waals surface area contributed by atoms with Gasteiger partial charge >= 0.3 is 0 Å². The number of hydrogen-bond donors (Lipinski definition) is 4. The Bertz CT molecular complexity index is 1110. The van der Waals surface area contributed by atoms with Crippen molar-refractivity contribution >= 4 is 44.3 Å². The summed E-state index contributed by atoms with van der Waals surface area (Å²) in [5.41, 5.74) is 5.77. The van der Waals surface area contributed by atoms with Crippen molar-refractivity contribution in [2.24, 2.45) is 0 Å². The van der Waals surface area contributed by atoms with Crippen LogP contribution in [0.5, 0.6) is 0 Å². The molecule has 4 N–H and O–H groups in total. The molecular weight excluding hydrogens is 404 g/mol. The smallest absolute Gasteiger partial charge is 0.271 e. The molecule has 8 nitrogen and oxygen atoms in total. The van der Waals surface area contributed by atoms with Gasteiger partial charge < -0.3 is 4.98 Å². The molecule has 0 atom stereocenters. The Morgan fingerprint density at radius 2 is 1.71 bits per heavy atom. The average molecular weight is 421 g/mol. The summed E-state index contributed by atoms with van der Waals surface area (Å²) in [7, 11) is -3.74. The number of carbonyl (C=O) groups excluding carboxylic acids is 2. The van der Waals surface area contributed by atoms with Gasteiger partial charge in [-0.25, -0.2) is 13.1 Å². The molecule has 10 heteroatoms. The van der Waals surface area contributed by atoms with Crippen LogP contribution in [-0.4, -0.2) is 31.8 Å². The summed E-state index contributed by atoms with van der Waals surface area (Å²) in [4.78, 5) is 27.1. The fraction of sp³-hybridized carbons (Fsp3) is 0.111. The minimum absolute atomic E-state index is 0.0462. The van der Waals surface area contributed by atoms with Crippen molar-refractivity contribution in [2.45, 2.75) is 11.3 Å². The number of sulfonamides is 1. The lowest BCUT2D eigenvalue weighted by Crippen LogP contribution is -2.42. The van der Waals surface area contributed by atoms with Crippen molar-refractivity contribution < 1.29 is 18.0 Å². The molecule has 1 aromatic heterocycles. The van der Waals surface area contributed by atoms with Crippen LogP contribution in [0.3, 0.4) is 0 Å². The minimum atomic E-state index is -3.74. The molecule has 146 valence electrons. The molecule has 0 aliphatic rings. The second kappa shape index (κ2) is 8.42. The molecule has 0 bridgehead atoms. The van der Waals surface area contributed by atoms with E-state index in [-0.39, 0.29) is 17.9 Å². The number of carbonyl (C=O) groups is 2. The third kappa shape index (κ3) is 4.69. The summed E-state index contributed by atoms with van der Waals surface area (Å²) in [6.07, 6.45) is 1.40. The zero-order chi connectivity index (χ0) is 20.1. The van der Waals surface area contributed by atoms with Crippen LogP contribution >= 0.6 is 11.6 Å². The van der Waals surface area contributed by atoms with E-state index in [4.69, 9.17) is 11.6 Å². The monoisotopic (exact) mass is 420 g/mol. The molecule has 2 aromatic carbocycles. The van der Waals surface area contributed by atoms with E-state index < -0.39 is 21.8 Å². The zero-order valence-electron chi connectivity index (χ0n) is 14.5. The fourth-order valence-electron chi connectivity index (χ4n) is 2.51. The van der Waals surface area contributed by atoms with Gasteiger partial charge in [-0.3, -0.25) is 20.4 Å². The summed E-state index contributed by atoms with van der Waals surface area (Å²) in [5.74, 6) is -1.01. The summed E-state index contributed by atoms with van der Waals surface area (Å²) < 4.78 is 26.5. The molecular formula is C18H17ClN4O4S. The highest BCUT2D eigenvalue weighted by molar-refractivity contribution is 7.89. The average Bonchev–Trinajstić information content (AvgIpc) is 3.10. The molecule has 2 amide bonds. The van der Waals surface area contributed by atoms with Crippen LogP contribution in [0.25, 0.3) is 10.9 Å². The molecule has 1 heterocycles. The van der Waals surface area contributed by atoms with Crippen LogP contribution in [0, 0.1) is 0 Å². The van der Waals surface area contributed by atoms with Gasteiger partial charge in [0.25, 0.3) is 5.91 Å². The van der Waals surface area contributed by atoms with Crippen LogP contribution < -0.4 is 15.6 Å². The lowest BCUT2D eigenvalue weighted by atomic mass is 10.2. The lowest BCUT2D eigenvalue weighted by Gasteiger charge is -2.08. The van der Waals surface area contributed by atoms with Gasteiger partial charge in [0.1, 0.15) is 0 Å². The van der Waals surface area contributed by atoms with Crippen molar-refractivity contribution in [3.63, 3.8) is 0 Å². The molecule has 0 saturated carbocycles. The number of para-hydroxylation sites is 1. The molecule has 0 aliphatic heterocycles. The number of amides is 2. The van der Waals surface area contributed by atoms with Crippen LogP contribution in [0.4, 0.5) is 0 Å². The SMILES string of the molecule is O=C(CCNS(=O)(=O)c1ccc(Cl)cc1)NNC(=O)c1c[nH]c2ccccc12. The zero-order valence-corrected chi connectivity index (χ0v) is 16.1. The topological polar surface area (TPSA) is 120 Å². The molecule has 0 aliphatic carbocycles. The van der Waals surface area contributed by atoms with Crippen molar-refractivity contribution in [1.82, 2.24) is 20.6 Å². The van der Waals surface area contributed by atoms with Gasteiger partial charge in [-0.05, 0) is 30.3 Å². The molecule has 0 fully saturated rings. The third-order valence-electron chi connectivity index (χ3n) is 3.92. The standard InChI is InChI=1S/C18H17ClN4O4S/c19-12-5-7-13(8-6-12)28(26,27)21-10-9-17(24)22-23-18(25)15-11-20-16-4-2-1-3-14(15)16/h1-8,11,20-21H,9-10H2,(H,22,24)(H,23,25). The minimum Gasteiger partial charge on any atom is -0.360 e. The van der Waals surface area contributed by atoms with Crippen molar-refractivity contribution in [2.75, 3.05) is 6.54 Å². The Labute approximate surface area is 166 Å². The first-order valence-electron chi connectivity index (χ1n) is 8.27. The van der Waals surface area contributed by atoms with E-state index in [1.807, 2.05) is 12.1 Å². The maximum absolute atomic E-state index is 12.2. The quantitative estimate of drug-likeness (QED) is 0.455. The highest BCUT2D eigenvalue weighted by Crippen LogP contribution is 2.17. The van der Waals surface area contributed by atoms with Crippen molar-refractivity contribution in [3.8, 4) is 0 Å². The maximum Gasteiger partial charge on any atom is 0.271 e. The Morgan fingerprint density at radius 1 is 1.00 bits per heavy atom. The first kappa shape index (κ1) is 19.9. The van der Waals surface area contributed by atoms with E-state index in [0.29, 0.717) is 10.6 Å². The predicted octanol–water partition coefficient (Wildman–Crippen LogP) is 1.95. The van der Waals surface area contributed by atoms with Gasteiger partial charge in [-0.2, -0.15) is 0 Å². The normalized spacial score (nSPS) is 11.3. The van der Waals surface area contributed by atoms with Crippen molar-refractivity contribution in [1.29, 1.82) is 0 Å². The number of halogens is 1. The molecule has 0 spiro atoms. The summed E-state index contributed by atoms with van der Waals surface area (Å²) in [6, 6.07) is 12.9. The van der Waals surface area contributed by atoms with Gasteiger partial charge in [-0.15, -0.1) is 0 Å². The van der Waals surface area contributed by atoms with Gasteiger partial charge in [-0.1, -0.05) is 29.8 Å². The van der Waals surface area contributed by atoms with Gasteiger partial charge in [0.15, 0.2) is 0 Å². The van der Waals surface area contributed by atoms with E-state index in [1.165, 1.54) is 24.3 Å². The van der Waals surface area contributed by atoms with Crippen LogP contribution in [0.2, 0.25) is 5.02 Å². The Balaban J connectivity index is 1.48. The number of hydrazine groups is 1. The third-order valence-corrected chi connectivity index (χ3v) is 5.65. The van der Waals surface area contributed by atoms with Gasteiger partial charge in [0.2, 0.25) is 15.9 Å². The molecule has 3 rings (SSSR count). The second-order valence-electron chi connectivity index (χ2n) is 5.85. The largest absolute Gasteiger partial charge is 0.360 e. The number of rotatable bonds is 6. The number of aromatic nitrogens is 1.